The molecule has 2 heterocycles. The lowest BCUT2D eigenvalue weighted by atomic mass is 9.93. The van der Waals surface area contributed by atoms with Crippen LogP contribution in [-0.4, -0.2) is 44.8 Å². The Morgan fingerprint density at radius 1 is 1.42 bits per heavy atom. The van der Waals surface area contributed by atoms with Crippen LogP contribution >= 0.6 is 0 Å². The number of hydrogen-bond acceptors (Lipinski definition) is 5. The molecule has 1 aliphatic heterocycles. The van der Waals surface area contributed by atoms with Crippen molar-refractivity contribution in [2.24, 2.45) is 5.92 Å². The van der Waals surface area contributed by atoms with Gasteiger partial charge in [0.05, 0.1) is 0 Å². The first-order valence-electron chi connectivity index (χ1n) is 6.30. The third-order valence-corrected chi connectivity index (χ3v) is 2.86. The number of rotatable bonds is 2. The maximum Gasteiger partial charge on any atom is 0.410 e. The van der Waals surface area contributed by atoms with Gasteiger partial charge < -0.3 is 14.7 Å². The van der Waals surface area contributed by atoms with Gasteiger partial charge in [-0.2, -0.15) is 0 Å². The maximum absolute atomic E-state index is 11.7. The molecule has 6 heteroatoms. The lowest BCUT2D eigenvalue weighted by molar-refractivity contribution is -0.0335. The van der Waals surface area contributed by atoms with Crippen molar-refractivity contribution in [2.75, 3.05) is 13.1 Å². The zero-order valence-corrected chi connectivity index (χ0v) is 11.4. The van der Waals surface area contributed by atoms with Gasteiger partial charge in [0.2, 0.25) is 0 Å². The van der Waals surface area contributed by atoms with Crippen LogP contribution in [-0.2, 0) is 4.74 Å². The van der Waals surface area contributed by atoms with E-state index < -0.39 is 11.7 Å². The largest absolute Gasteiger partial charge is 0.444 e. The minimum absolute atomic E-state index is 0.0325. The number of aromatic nitrogens is 2. The summed E-state index contributed by atoms with van der Waals surface area (Å²) >= 11 is 0. The van der Waals surface area contributed by atoms with Gasteiger partial charge in [-0.1, -0.05) is 0 Å². The summed E-state index contributed by atoms with van der Waals surface area (Å²) in [4.78, 5) is 21.3. The second-order valence-corrected chi connectivity index (χ2v) is 5.70. The van der Waals surface area contributed by atoms with Crippen molar-refractivity contribution in [3.8, 4) is 0 Å². The van der Waals surface area contributed by atoms with Crippen LogP contribution in [0.25, 0.3) is 0 Å². The Hall–Kier alpha value is -1.69. The number of carbonyl (C=O) groups is 1. The summed E-state index contributed by atoms with van der Waals surface area (Å²) < 4.78 is 5.25. The number of nitrogens with zero attached hydrogens (tertiary/aromatic N) is 3. The summed E-state index contributed by atoms with van der Waals surface area (Å²) in [6.45, 7) is 6.42. The monoisotopic (exact) mass is 265 g/mol. The molecular formula is C13H19N3O3. The fraction of sp³-hybridized carbons (Fsp3) is 0.615. The highest BCUT2D eigenvalue weighted by Crippen LogP contribution is 2.28. The lowest BCUT2D eigenvalue weighted by Crippen LogP contribution is -2.53. The van der Waals surface area contributed by atoms with Gasteiger partial charge in [0.1, 0.15) is 11.7 Å². The quantitative estimate of drug-likeness (QED) is 0.874. The van der Waals surface area contributed by atoms with Gasteiger partial charge >= 0.3 is 6.09 Å². The van der Waals surface area contributed by atoms with Gasteiger partial charge in [-0.15, -0.1) is 0 Å². The predicted molar refractivity (Wildman–Crippen MR) is 68.3 cm³/mol. The summed E-state index contributed by atoms with van der Waals surface area (Å²) in [5.41, 5.74) is -0.497. The van der Waals surface area contributed by atoms with Gasteiger partial charge in [-0.05, 0) is 26.8 Å². The molecule has 1 fully saturated rings. The van der Waals surface area contributed by atoms with E-state index in [-0.39, 0.29) is 12.0 Å². The number of aliphatic hydroxyl groups excluding tert-OH is 1. The van der Waals surface area contributed by atoms with Crippen LogP contribution in [0.15, 0.2) is 18.5 Å². The highest BCUT2D eigenvalue weighted by Gasteiger charge is 2.39. The van der Waals surface area contributed by atoms with Gasteiger partial charge in [0.25, 0.3) is 0 Å². The number of hydrogen-bond donors (Lipinski definition) is 1. The van der Waals surface area contributed by atoms with E-state index in [4.69, 9.17) is 4.74 Å². The van der Waals surface area contributed by atoms with Crippen molar-refractivity contribution >= 4 is 6.09 Å². The van der Waals surface area contributed by atoms with E-state index >= 15 is 0 Å². The predicted octanol–water partition coefficient (Wildman–Crippen LogP) is 1.38. The van der Waals surface area contributed by atoms with Crippen LogP contribution < -0.4 is 0 Å². The second-order valence-electron chi connectivity index (χ2n) is 5.70. The number of aliphatic hydroxyl groups is 1. The van der Waals surface area contributed by atoms with Crippen LogP contribution in [0.1, 0.15) is 32.7 Å². The van der Waals surface area contributed by atoms with Crippen molar-refractivity contribution in [3.63, 3.8) is 0 Å². The van der Waals surface area contributed by atoms with Gasteiger partial charge in [-0.3, -0.25) is 0 Å². The maximum atomic E-state index is 11.7. The van der Waals surface area contributed by atoms with Crippen molar-refractivity contribution in [1.82, 2.24) is 14.9 Å². The molecule has 104 valence electrons. The summed E-state index contributed by atoms with van der Waals surface area (Å²) in [5.74, 6) is 0.367. The molecule has 2 rings (SSSR count). The van der Waals surface area contributed by atoms with Gasteiger partial charge in [-0.25, -0.2) is 14.8 Å². The van der Waals surface area contributed by atoms with E-state index in [2.05, 4.69) is 9.97 Å². The zero-order chi connectivity index (χ0) is 14.0. The molecule has 1 saturated heterocycles. The molecule has 0 aromatic carbocycles. The fourth-order valence-electron chi connectivity index (χ4n) is 1.86. The fourth-order valence-corrected chi connectivity index (χ4v) is 1.86. The second kappa shape index (κ2) is 5.13. The number of carbonyl (C=O) groups excluding carboxylic acids is 1. The normalized spacial score (nSPS) is 17.8. The Morgan fingerprint density at radius 2 is 2.00 bits per heavy atom. The molecule has 6 nitrogen and oxygen atoms in total. The first-order chi connectivity index (χ1) is 8.87. The molecule has 1 amide bonds. The van der Waals surface area contributed by atoms with Crippen molar-refractivity contribution in [3.05, 3.63) is 24.3 Å². The number of amides is 1. The molecule has 1 aliphatic rings. The molecular weight excluding hydrogens is 246 g/mol. The Bertz CT molecular complexity index is 438. The smallest absolute Gasteiger partial charge is 0.410 e. The average Bonchev–Trinajstić information content (AvgIpc) is 2.25. The molecule has 0 bridgehead atoms. The van der Waals surface area contributed by atoms with Crippen LogP contribution in [0.3, 0.4) is 0 Å². The molecule has 1 aromatic heterocycles. The van der Waals surface area contributed by atoms with Crippen LogP contribution in [0.2, 0.25) is 0 Å². The van der Waals surface area contributed by atoms with E-state index in [1.807, 2.05) is 20.8 Å². The van der Waals surface area contributed by atoms with Crippen molar-refractivity contribution < 1.29 is 14.6 Å². The Labute approximate surface area is 112 Å². The van der Waals surface area contributed by atoms with Gasteiger partial charge in [0, 0.05) is 31.4 Å². The molecule has 1 unspecified atom stereocenters. The summed E-state index contributed by atoms with van der Waals surface area (Å²) in [7, 11) is 0. The average molecular weight is 265 g/mol. The molecule has 0 radical (unpaired) electrons. The van der Waals surface area contributed by atoms with Crippen LogP contribution in [0.4, 0.5) is 4.79 Å². The molecule has 0 saturated carbocycles. The summed E-state index contributed by atoms with van der Waals surface area (Å²) in [6, 6.07) is 1.70. The molecule has 0 aliphatic carbocycles. The topological polar surface area (TPSA) is 75.5 Å². The Kier molecular flexibility index (Phi) is 3.71. The Morgan fingerprint density at radius 3 is 2.53 bits per heavy atom. The molecule has 1 N–H and O–H groups in total. The third-order valence-electron chi connectivity index (χ3n) is 2.86. The van der Waals surface area contributed by atoms with E-state index in [0.29, 0.717) is 18.9 Å². The summed E-state index contributed by atoms with van der Waals surface area (Å²) in [5, 5.41) is 10.1. The highest BCUT2D eigenvalue weighted by atomic mass is 16.6. The molecule has 1 aromatic rings. The van der Waals surface area contributed by atoms with Crippen LogP contribution in [0, 0.1) is 5.92 Å². The number of ether oxygens (including phenoxy) is 1. The van der Waals surface area contributed by atoms with Crippen LogP contribution in [0.5, 0.6) is 0 Å². The lowest BCUT2D eigenvalue weighted by Gasteiger charge is -2.41. The minimum atomic E-state index is -0.736. The van der Waals surface area contributed by atoms with E-state index in [9.17, 15) is 9.90 Å². The van der Waals surface area contributed by atoms with Gasteiger partial charge in [0.15, 0.2) is 5.82 Å². The van der Waals surface area contributed by atoms with E-state index in [1.54, 1.807) is 23.4 Å². The standard InChI is InChI=1S/C13H19N3O3/c1-13(2,3)19-12(18)16-7-9(8-16)10(17)11-14-5-4-6-15-11/h4-6,9-10,17H,7-8H2,1-3H3. The molecule has 0 spiro atoms. The SMILES string of the molecule is CC(C)(C)OC(=O)N1CC(C(O)c2ncccn2)C1. The number of likely N-dealkylation sites (tertiary alicyclic amines) is 1. The molecule has 1 atom stereocenters. The highest BCUT2D eigenvalue weighted by molar-refractivity contribution is 5.69. The zero-order valence-electron chi connectivity index (χ0n) is 11.4. The third kappa shape index (κ3) is 3.41. The van der Waals surface area contributed by atoms with Crippen molar-refractivity contribution in [2.45, 2.75) is 32.5 Å². The van der Waals surface area contributed by atoms with E-state index in [1.165, 1.54) is 0 Å². The first-order valence-corrected chi connectivity index (χ1v) is 6.30. The van der Waals surface area contributed by atoms with Crippen molar-refractivity contribution in [1.29, 1.82) is 0 Å². The summed E-state index contributed by atoms with van der Waals surface area (Å²) in [6.07, 6.45) is 2.11. The van der Waals surface area contributed by atoms with E-state index in [0.717, 1.165) is 0 Å². The Balaban J connectivity index is 1.85. The molecule has 19 heavy (non-hydrogen) atoms. The minimum Gasteiger partial charge on any atom is -0.444 e. The first kappa shape index (κ1) is 13.7.